The summed E-state index contributed by atoms with van der Waals surface area (Å²) in [6.45, 7) is 0. The molecule has 4 aromatic rings. The van der Waals surface area contributed by atoms with Gasteiger partial charge in [0.25, 0.3) is 0 Å². The maximum Gasteiger partial charge on any atom is 0.416 e. The van der Waals surface area contributed by atoms with E-state index in [1.807, 2.05) is 30.3 Å². The number of hydrogen-bond acceptors (Lipinski definition) is 6. The second-order valence-corrected chi connectivity index (χ2v) is 8.92. The number of hydrogen-bond donors (Lipinski definition) is 4. The molecular weight excluding hydrogens is 467 g/mol. The van der Waals surface area contributed by atoms with Crippen molar-refractivity contribution in [3.8, 4) is 0 Å². The molecule has 10 heteroatoms. The number of anilines is 5. The summed E-state index contributed by atoms with van der Waals surface area (Å²) in [5.41, 5.74) is 4.37. The van der Waals surface area contributed by atoms with Crippen LogP contribution in [0.5, 0.6) is 0 Å². The lowest BCUT2D eigenvalue weighted by atomic mass is 10.0. The van der Waals surface area contributed by atoms with E-state index in [2.05, 4.69) is 36.1 Å². The first-order valence-corrected chi connectivity index (χ1v) is 11.6. The molecule has 1 aliphatic carbocycles. The minimum atomic E-state index is -4.41. The van der Waals surface area contributed by atoms with Gasteiger partial charge >= 0.3 is 6.18 Å². The second kappa shape index (κ2) is 8.71. The topological polar surface area (TPSA) is 90.5 Å². The Morgan fingerprint density at radius 1 is 0.944 bits per heavy atom. The van der Waals surface area contributed by atoms with Gasteiger partial charge in [-0.25, -0.2) is 4.98 Å². The molecule has 1 unspecified atom stereocenters. The van der Waals surface area contributed by atoms with Gasteiger partial charge < -0.3 is 16.0 Å². The maximum atomic E-state index is 13.3. The van der Waals surface area contributed by atoms with Gasteiger partial charge in [0, 0.05) is 40.9 Å². The van der Waals surface area contributed by atoms with E-state index in [1.54, 1.807) is 18.3 Å². The fourth-order valence-corrected chi connectivity index (χ4v) is 4.70. The first-order chi connectivity index (χ1) is 17.4. The second-order valence-electron chi connectivity index (χ2n) is 8.92. The fraction of sp³-hybridized carbons (Fsp3) is 0.192. The molecule has 0 saturated heterocycles. The lowest BCUT2D eigenvalue weighted by molar-refractivity contribution is -0.137. The van der Waals surface area contributed by atoms with Crippen molar-refractivity contribution in [3.63, 3.8) is 0 Å². The van der Waals surface area contributed by atoms with Crippen molar-refractivity contribution in [2.45, 2.75) is 31.4 Å². The number of nitrogens with one attached hydrogen (secondary N) is 4. The lowest BCUT2D eigenvalue weighted by Gasteiger charge is -2.17. The Morgan fingerprint density at radius 3 is 2.64 bits per heavy atom. The summed E-state index contributed by atoms with van der Waals surface area (Å²) in [6, 6.07) is 16.7. The SMILES string of the molecule is FC(F)(F)c1cccc(N/C2=C3\CCC(C3)c3cc(n[nH]3)Nc3ccnc(n3)Nc3ccc2cc3)c1. The number of alkyl halides is 3. The number of aromatic amines is 1. The third-order valence-corrected chi connectivity index (χ3v) is 6.48. The van der Waals surface area contributed by atoms with Crippen LogP contribution in [0.3, 0.4) is 0 Å². The van der Waals surface area contributed by atoms with Crippen LogP contribution in [-0.2, 0) is 6.18 Å². The molecule has 2 aliphatic heterocycles. The van der Waals surface area contributed by atoms with Crippen LogP contribution >= 0.6 is 0 Å². The van der Waals surface area contributed by atoms with Crippen molar-refractivity contribution in [2.75, 3.05) is 16.0 Å². The number of halogens is 3. The monoisotopic (exact) mass is 489 g/mol. The van der Waals surface area contributed by atoms with Crippen molar-refractivity contribution < 1.29 is 13.2 Å². The highest BCUT2D eigenvalue weighted by molar-refractivity contribution is 5.80. The van der Waals surface area contributed by atoms with Gasteiger partial charge in [0.15, 0.2) is 5.82 Å². The highest BCUT2D eigenvalue weighted by Gasteiger charge is 2.31. The first-order valence-electron chi connectivity index (χ1n) is 11.6. The predicted molar refractivity (Wildman–Crippen MR) is 132 cm³/mol. The Bertz CT molecular complexity index is 1440. The molecule has 0 radical (unpaired) electrons. The number of aromatic nitrogens is 4. The molecule has 1 fully saturated rings. The molecule has 4 N–H and O–H groups in total. The zero-order valence-electron chi connectivity index (χ0n) is 19.0. The van der Waals surface area contributed by atoms with E-state index < -0.39 is 11.7 Å². The van der Waals surface area contributed by atoms with E-state index in [9.17, 15) is 13.2 Å². The van der Waals surface area contributed by atoms with Crippen LogP contribution in [0.2, 0.25) is 0 Å². The van der Waals surface area contributed by atoms with Crippen molar-refractivity contribution >= 4 is 34.7 Å². The van der Waals surface area contributed by atoms with Crippen LogP contribution in [0.1, 0.15) is 42.0 Å². The van der Waals surface area contributed by atoms with Crippen LogP contribution in [-0.4, -0.2) is 20.2 Å². The highest BCUT2D eigenvalue weighted by atomic mass is 19.4. The Labute approximate surface area is 204 Å². The number of rotatable bonds is 2. The third-order valence-electron chi connectivity index (χ3n) is 6.48. The van der Waals surface area contributed by atoms with Gasteiger partial charge in [-0.3, -0.25) is 5.10 Å². The van der Waals surface area contributed by atoms with Crippen LogP contribution in [0.25, 0.3) is 5.70 Å². The van der Waals surface area contributed by atoms with E-state index >= 15 is 0 Å². The lowest BCUT2D eigenvalue weighted by Crippen LogP contribution is -2.07. The molecule has 3 aliphatic rings. The maximum absolute atomic E-state index is 13.3. The van der Waals surface area contributed by atoms with Gasteiger partial charge in [-0.15, -0.1) is 0 Å². The number of fused-ring (bicyclic) bond motifs is 2. The Morgan fingerprint density at radius 2 is 1.81 bits per heavy atom. The summed E-state index contributed by atoms with van der Waals surface area (Å²) < 4.78 is 40.0. The van der Waals surface area contributed by atoms with Gasteiger partial charge in [0.1, 0.15) is 5.82 Å². The minimum Gasteiger partial charge on any atom is -0.355 e. The molecule has 0 spiro atoms. The minimum absolute atomic E-state index is 0.219. The number of nitrogens with zero attached hydrogens (tertiary/aromatic N) is 3. The number of benzene rings is 2. The third kappa shape index (κ3) is 4.49. The summed E-state index contributed by atoms with van der Waals surface area (Å²) in [6.07, 6.45) is -0.262. The summed E-state index contributed by atoms with van der Waals surface area (Å²) >= 11 is 0. The molecule has 4 heterocycles. The van der Waals surface area contributed by atoms with Gasteiger partial charge in [0.2, 0.25) is 5.95 Å². The quantitative estimate of drug-likeness (QED) is 0.247. The summed E-state index contributed by atoms with van der Waals surface area (Å²) in [4.78, 5) is 8.78. The molecule has 8 bridgehead atoms. The van der Waals surface area contributed by atoms with Gasteiger partial charge in [-0.1, -0.05) is 18.2 Å². The van der Waals surface area contributed by atoms with Gasteiger partial charge in [0.05, 0.1) is 5.56 Å². The van der Waals surface area contributed by atoms with Crippen LogP contribution in [0, 0.1) is 0 Å². The van der Waals surface area contributed by atoms with Crippen LogP contribution in [0.4, 0.5) is 42.1 Å². The highest BCUT2D eigenvalue weighted by Crippen LogP contribution is 2.42. The molecule has 7 rings (SSSR count). The molecule has 36 heavy (non-hydrogen) atoms. The number of H-pyrrole nitrogens is 1. The Balaban J connectivity index is 1.42. The molecule has 2 aromatic heterocycles. The van der Waals surface area contributed by atoms with Crippen molar-refractivity contribution in [1.29, 1.82) is 0 Å². The average molecular weight is 490 g/mol. The Kier molecular flexibility index (Phi) is 5.36. The molecule has 7 nitrogen and oxygen atoms in total. The largest absolute Gasteiger partial charge is 0.416 e. The molecule has 1 atom stereocenters. The van der Waals surface area contributed by atoms with E-state index in [-0.39, 0.29) is 5.92 Å². The summed E-state index contributed by atoms with van der Waals surface area (Å²) in [7, 11) is 0. The van der Waals surface area contributed by atoms with E-state index in [0.717, 1.165) is 59.6 Å². The van der Waals surface area contributed by atoms with E-state index in [4.69, 9.17) is 0 Å². The molecule has 182 valence electrons. The standard InChI is InChI=1S/C26H22F3N7/c27-26(28,29)18-2-1-3-20(13-18)31-24-15-6-8-19(9-7-15)32-25-30-11-10-22(34-25)33-23-14-21(35-36-23)16-4-5-17(24)12-16/h1-3,6-11,13-14,16,31H,4-5,12H2,(H3,30,32,33,34,35,36)/b24-17+. The Hall–Kier alpha value is -4.34. The smallest absolute Gasteiger partial charge is 0.355 e. The van der Waals surface area contributed by atoms with Crippen LogP contribution in [0.15, 0.2) is 72.4 Å². The van der Waals surface area contributed by atoms with Gasteiger partial charge in [-0.2, -0.15) is 23.3 Å². The zero-order valence-corrected chi connectivity index (χ0v) is 19.0. The molecule has 0 amide bonds. The van der Waals surface area contributed by atoms with Crippen molar-refractivity contribution in [2.24, 2.45) is 0 Å². The predicted octanol–water partition coefficient (Wildman–Crippen LogP) is 6.81. The van der Waals surface area contributed by atoms with Crippen molar-refractivity contribution in [3.05, 3.63) is 89.3 Å². The van der Waals surface area contributed by atoms with Crippen LogP contribution < -0.4 is 16.0 Å². The first kappa shape index (κ1) is 22.1. The number of allylic oxidation sites excluding steroid dienone is 1. The summed E-state index contributed by atoms with van der Waals surface area (Å²) in [5.74, 6) is 1.92. The summed E-state index contributed by atoms with van der Waals surface area (Å²) in [5, 5.41) is 17.2. The molecule has 1 saturated carbocycles. The van der Waals surface area contributed by atoms with Gasteiger partial charge in [-0.05, 0) is 66.8 Å². The zero-order chi connectivity index (χ0) is 24.7. The normalized spacial score (nSPS) is 19.0. The van der Waals surface area contributed by atoms with Crippen molar-refractivity contribution in [1.82, 2.24) is 20.2 Å². The molecular formula is C26H22F3N7. The fourth-order valence-electron chi connectivity index (χ4n) is 4.70. The average Bonchev–Trinajstić information content (AvgIpc) is 3.53. The molecule has 2 aromatic carbocycles. The van der Waals surface area contributed by atoms with E-state index in [0.29, 0.717) is 23.3 Å². The van der Waals surface area contributed by atoms with E-state index in [1.165, 1.54) is 6.07 Å².